The van der Waals surface area contributed by atoms with Crippen LogP contribution in [0.5, 0.6) is 0 Å². The van der Waals surface area contributed by atoms with E-state index in [-0.39, 0.29) is 5.78 Å². The van der Waals surface area contributed by atoms with Crippen molar-refractivity contribution in [1.29, 1.82) is 0 Å². The Labute approximate surface area is 90.3 Å². The lowest BCUT2D eigenvalue weighted by molar-refractivity contribution is -0.128. The first-order valence-electron chi connectivity index (χ1n) is 4.95. The summed E-state index contributed by atoms with van der Waals surface area (Å²) in [7, 11) is 0. The van der Waals surface area contributed by atoms with Crippen molar-refractivity contribution in [2.45, 2.75) is 26.4 Å². The van der Waals surface area contributed by atoms with E-state index in [0.29, 0.717) is 5.57 Å². The van der Waals surface area contributed by atoms with Crippen molar-refractivity contribution in [2.24, 2.45) is 0 Å². The fourth-order valence-electron chi connectivity index (χ4n) is 1.54. The number of carbonyl (C=O) groups is 1. The maximum absolute atomic E-state index is 11.3. The van der Waals surface area contributed by atoms with Crippen molar-refractivity contribution in [1.82, 2.24) is 0 Å². The maximum atomic E-state index is 11.3. The predicted octanol–water partition coefficient (Wildman–Crippen LogP) is 2.43. The van der Waals surface area contributed by atoms with Crippen molar-refractivity contribution in [3.8, 4) is 0 Å². The Morgan fingerprint density at radius 2 is 1.87 bits per heavy atom. The summed E-state index contributed by atoms with van der Waals surface area (Å²) in [6.45, 7) is 4.74. The topological polar surface area (TPSA) is 37.3 Å². The molecule has 1 aromatic rings. The largest absolute Gasteiger partial charge is 0.378 e. The van der Waals surface area contributed by atoms with E-state index >= 15 is 0 Å². The number of hydrogen-bond donors (Lipinski definition) is 1. The normalized spacial score (nSPS) is 15.9. The molecule has 0 saturated heterocycles. The SMILES string of the molecule is C/C=C(\c1ccccc1)C(C)(O)C(C)=O. The van der Waals surface area contributed by atoms with Crippen LogP contribution in [-0.4, -0.2) is 16.5 Å². The maximum Gasteiger partial charge on any atom is 0.165 e. The zero-order chi connectivity index (χ0) is 11.5. The number of aliphatic hydroxyl groups is 1. The fraction of sp³-hybridized carbons (Fsp3) is 0.308. The molecule has 0 aliphatic heterocycles. The quantitative estimate of drug-likeness (QED) is 0.821. The van der Waals surface area contributed by atoms with Gasteiger partial charge < -0.3 is 5.11 Å². The lowest BCUT2D eigenvalue weighted by Gasteiger charge is -2.23. The molecule has 15 heavy (non-hydrogen) atoms. The summed E-state index contributed by atoms with van der Waals surface area (Å²) < 4.78 is 0. The number of hydrogen-bond acceptors (Lipinski definition) is 2. The summed E-state index contributed by atoms with van der Waals surface area (Å²) in [6.07, 6.45) is 1.77. The molecule has 0 saturated carbocycles. The van der Waals surface area contributed by atoms with E-state index in [4.69, 9.17) is 0 Å². The average molecular weight is 204 g/mol. The van der Waals surface area contributed by atoms with Crippen LogP contribution in [0.1, 0.15) is 26.3 Å². The highest BCUT2D eigenvalue weighted by molar-refractivity contribution is 5.98. The Bertz CT molecular complexity index is 375. The molecule has 0 aromatic heterocycles. The molecule has 0 spiro atoms. The third-order valence-electron chi connectivity index (χ3n) is 2.58. The minimum Gasteiger partial charge on any atom is -0.378 e. The molecule has 1 atom stereocenters. The lowest BCUT2D eigenvalue weighted by atomic mass is 9.87. The van der Waals surface area contributed by atoms with E-state index < -0.39 is 5.60 Å². The van der Waals surface area contributed by atoms with Gasteiger partial charge in [0.05, 0.1) is 0 Å². The van der Waals surface area contributed by atoms with Crippen LogP contribution in [0.25, 0.3) is 5.57 Å². The van der Waals surface area contributed by atoms with Gasteiger partial charge in [-0.1, -0.05) is 36.4 Å². The van der Waals surface area contributed by atoms with Crippen LogP contribution < -0.4 is 0 Å². The van der Waals surface area contributed by atoms with Crippen LogP contribution >= 0.6 is 0 Å². The zero-order valence-corrected chi connectivity index (χ0v) is 9.32. The summed E-state index contributed by atoms with van der Waals surface area (Å²) in [6, 6.07) is 9.43. The average Bonchev–Trinajstić information content (AvgIpc) is 2.19. The Morgan fingerprint density at radius 3 is 2.27 bits per heavy atom. The van der Waals surface area contributed by atoms with Gasteiger partial charge in [0.2, 0.25) is 0 Å². The molecule has 0 aliphatic carbocycles. The zero-order valence-electron chi connectivity index (χ0n) is 9.32. The van der Waals surface area contributed by atoms with E-state index in [1.807, 2.05) is 37.3 Å². The summed E-state index contributed by atoms with van der Waals surface area (Å²) in [4.78, 5) is 11.3. The van der Waals surface area contributed by atoms with Crippen LogP contribution in [0, 0.1) is 0 Å². The van der Waals surface area contributed by atoms with Gasteiger partial charge in [0.15, 0.2) is 5.78 Å². The third kappa shape index (κ3) is 2.34. The molecule has 1 rings (SSSR count). The molecule has 0 bridgehead atoms. The second-order valence-corrected chi connectivity index (χ2v) is 3.70. The van der Waals surface area contributed by atoms with Crippen molar-refractivity contribution in [2.75, 3.05) is 0 Å². The lowest BCUT2D eigenvalue weighted by Crippen LogP contribution is -2.34. The highest BCUT2D eigenvalue weighted by Gasteiger charge is 2.31. The van der Waals surface area contributed by atoms with E-state index in [1.165, 1.54) is 13.8 Å². The number of rotatable bonds is 3. The highest BCUT2D eigenvalue weighted by Crippen LogP contribution is 2.27. The second-order valence-electron chi connectivity index (χ2n) is 3.70. The first-order valence-corrected chi connectivity index (χ1v) is 4.95. The summed E-state index contributed by atoms with van der Waals surface area (Å²) in [5, 5.41) is 10.1. The minimum absolute atomic E-state index is 0.251. The molecule has 0 amide bonds. The van der Waals surface area contributed by atoms with Gasteiger partial charge >= 0.3 is 0 Å². The molecule has 2 heteroatoms. The molecular weight excluding hydrogens is 188 g/mol. The fourth-order valence-corrected chi connectivity index (χ4v) is 1.54. The highest BCUT2D eigenvalue weighted by atomic mass is 16.3. The summed E-state index contributed by atoms with van der Waals surface area (Å²) >= 11 is 0. The molecule has 0 fully saturated rings. The van der Waals surface area contributed by atoms with Gasteiger partial charge in [0.25, 0.3) is 0 Å². The molecule has 80 valence electrons. The first kappa shape index (κ1) is 11.7. The van der Waals surface area contributed by atoms with Gasteiger partial charge in [-0.3, -0.25) is 4.79 Å². The van der Waals surface area contributed by atoms with Gasteiger partial charge in [-0.2, -0.15) is 0 Å². The van der Waals surface area contributed by atoms with E-state index in [0.717, 1.165) is 5.56 Å². The van der Waals surface area contributed by atoms with Crippen LogP contribution in [0.2, 0.25) is 0 Å². The molecule has 0 radical (unpaired) electrons. The first-order chi connectivity index (χ1) is 7.00. The van der Waals surface area contributed by atoms with Crippen molar-refractivity contribution >= 4 is 11.4 Å². The van der Waals surface area contributed by atoms with Gasteiger partial charge in [0.1, 0.15) is 5.60 Å². The molecule has 1 unspecified atom stereocenters. The smallest absolute Gasteiger partial charge is 0.165 e. The van der Waals surface area contributed by atoms with Crippen LogP contribution in [-0.2, 0) is 4.79 Å². The van der Waals surface area contributed by atoms with Crippen molar-refractivity contribution < 1.29 is 9.90 Å². The minimum atomic E-state index is -1.41. The molecule has 1 aromatic carbocycles. The number of carbonyl (C=O) groups excluding carboxylic acids is 1. The van der Waals surface area contributed by atoms with Gasteiger partial charge in [-0.15, -0.1) is 0 Å². The van der Waals surface area contributed by atoms with Crippen molar-refractivity contribution in [3.05, 3.63) is 42.0 Å². The summed E-state index contributed by atoms with van der Waals surface area (Å²) in [5.41, 5.74) is 0.117. The Hall–Kier alpha value is -1.41. The van der Waals surface area contributed by atoms with Gasteiger partial charge in [-0.25, -0.2) is 0 Å². The number of Topliss-reactive ketones (excluding diaryl/α,β-unsaturated/α-hetero) is 1. The number of ketones is 1. The van der Waals surface area contributed by atoms with Gasteiger partial charge in [0, 0.05) is 0 Å². The summed E-state index contributed by atoms with van der Waals surface area (Å²) in [5.74, 6) is -0.251. The second kappa shape index (κ2) is 4.41. The van der Waals surface area contributed by atoms with E-state index in [2.05, 4.69) is 0 Å². The molecule has 0 heterocycles. The Kier molecular flexibility index (Phi) is 3.43. The van der Waals surface area contributed by atoms with Crippen LogP contribution in [0.3, 0.4) is 0 Å². The molecule has 1 N–H and O–H groups in total. The van der Waals surface area contributed by atoms with Crippen molar-refractivity contribution in [3.63, 3.8) is 0 Å². The van der Waals surface area contributed by atoms with E-state index in [1.54, 1.807) is 6.08 Å². The van der Waals surface area contributed by atoms with Gasteiger partial charge in [-0.05, 0) is 31.9 Å². The molecular formula is C13H16O2. The molecule has 0 aliphatic rings. The third-order valence-corrected chi connectivity index (χ3v) is 2.58. The standard InChI is InChI=1S/C13H16O2/c1-4-12(13(3,15)10(2)14)11-8-6-5-7-9-11/h4-9,15H,1-3H3/b12-4+. The Morgan fingerprint density at radius 1 is 1.33 bits per heavy atom. The van der Waals surface area contributed by atoms with E-state index in [9.17, 15) is 9.90 Å². The number of benzene rings is 1. The number of allylic oxidation sites excluding steroid dienone is 1. The van der Waals surface area contributed by atoms with Crippen LogP contribution in [0.15, 0.2) is 36.4 Å². The predicted molar refractivity (Wildman–Crippen MR) is 61.4 cm³/mol. The molecule has 2 nitrogen and oxygen atoms in total. The Balaban J connectivity index is 3.18. The van der Waals surface area contributed by atoms with Crippen LogP contribution in [0.4, 0.5) is 0 Å². The monoisotopic (exact) mass is 204 g/mol.